The fourth-order valence-corrected chi connectivity index (χ4v) is 2.86. The van der Waals surface area contributed by atoms with Gasteiger partial charge in [-0.15, -0.1) is 24.0 Å². The van der Waals surface area contributed by atoms with Crippen molar-refractivity contribution in [2.24, 2.45) is 4.99 Å². The monoisotopic (exact) mass is 524 g/mol. The number of aliphatic hydroxyl groups excluding tert-OH is 1. The molecule has 0 aliphatic carbocycles. The van der Waals surface area contributed by atoms with Crippen LogP contribution < -0.4 is 15.4 Å². The zero-order valence-electron chi connectivity index (χ0n) is 15.1. The second-order valence-corrected chi connectivity index (χ2v) is 6.34. The van der Waals surface area contributed by atoms with E-state index in [1.54, 1.807) is 31.5 Å². The molecule has 0 saturated heterocycles. The van der Waals surface area contributed by atoms with Crippen molar-refractivity contribution in [1.82, 2.24) is 15.6 Å². The van der Waals surface area contributed by atoms with Crippen molar-refractivity contribution in [2.45, 2.75) is 19.6 Å². The Kier molecular flexibility index (Phi) is 10.8. The Morgan fingerprint density at radius 3 is 2.59 bits per heavy atom. The van der Waals surface area contributed by atoms with E-state index in [0.717, 1.165) is 5.56 Å². The van der Waals surface area contributed by atoms with Gasteiger partial charge in [0.1, 0.15) is 0 Å². The fraction of sp³-hybridized carbons (Fsp3) is 0.333. The Morgan fingerprint density at radius 1 is 1.26 bits per heavy atom. The summed E-state index contributed by atoms with van der Waals surface area (Å²) in [5.41, 5.74) is 1.51. The van der Waals surface area contributed by atoms with Crippen LogP contribution in [0.5, 0.6) is 5.88 Å². The summed E-state index contributed by atoms with van der Waals surface area (Å²) in [6.45, 7) is 3.31. The van der Waals surface area contributed by atoms with Gasteiger partial charge in [-0.2, -0.15) is 0 Å². The predicted octanol–water partition coefficient (Wildman–Crippen LogP) is 3.80. The molecule has 0 aliphatic rings. The van der Waals surface area contributed by atoms with Gasteiger partial charge in [-0.25, -0.2) is 9.98 Å². The first kappa shape index (κ1) is 23.7. The van der Waals surface area contributed by atoms with Crippen molar-refractivity contribution in [3.63, 3.8) is 0 Å². The predicted molar refractivity (Wildman–Crippen MR) is 120 cm³/mol. The molecule has 2 rings (SSSR count). The maximum absolute atomic E-state index is 10.4. The van der Waals surface area contributed by atoms with Crippen LogP contribution >= 0.6 is 47.2 Å². The summed E-state index contributed by atoms with van der Waals surface area (Å²) < 4.78 is 5.23. The minimum atomic E-state index is -0.775. The first-order valence-corrected chi connectivity index (χ1v) is 8.93. The van der Waals surface area contributed by atoms with Gasteiger partial charge in [0.25, 0.3) is 0 Å². The topological polar surface area (TPSA) is 78.8 Å². The summed E-state index contributed by atoms with van der Waals surface area (Å²) >= 11 is 12.0. The number of rotatable bonds is 7. The number of methoxy groups -OCH3 is 1. The zero-order valence-corrected chi connectivity index (χ0v) is 18.9. The maximum atomic E-state index is 10.4. The average Bonchev–Trinajstić information content (AvgIpc) is 2.63. The van der Waals surface area contributed by atoms with Crippen LogP contribution in [-0.4, -0.2) is 36.2 Å². The smallest absolute Gasteiger partial charge is 0.218 e. The van der Waals surface area contributed by atoms with E-state index in [2.05, 4.69) is 20.6 Å². The van der Waals surface area contributed by atoms with E-state index in [0.29, 0.717) is 40.5 Å². The van der Waals surface area contributed by atoms with Crippen LogP contribution in [0.3, 0.4) is 0 Å². The Hall–Kier alpha value is -1.29. The van der Waals surface area contributed by atoms with Gasteiger partial charge in [0, 0.05) is 34.9 Å². The highest BCUT2D eigenvalue weighted by atomic mass is 127. The van der Waals surface area contributed by atoms with E-state index in [1.807, 2.05) is 19.1 Å². The normalized spacial score (nSPS) is 12.1. The van der Waals surface area contributed by atoms with Crippen LogP contribution in [0, 0.1) is 0 Å². The van der Waals surface area contributed by atoms with E-state index in [-0.39, 0.29) is 30.5 Å². The van der Waals surface area contributed by atoms with Crippen molar-refractivity contribution in [3.05, 3.63) is 57.7 Å². The van der Waals surface area contributed by atoms with Gasteiger partial charge in [-0.05, 0) is 36.8 Å². The molecule has 0 bridgehead atoms. The molecule has 3 N–H and O–H groups in total. The molecular formula is C18H23Cl2IN4O2. The van der Waals surface area contributed by atoms with Gasteiger partial charge in [-0.1, -0.05) is 29.3 Å². The van der Waals surface area contributed by atoms with Crippen LogP contribution in [0.1, 0.15) is 24.2 Å². The number of benzene rings is 1. The second kappa shape index (κ2) is 12.2. The number of aromatic nitrogens is 1. The molecule has 0 spiro atoms. The molecule has 6 nitrogen and oxygen atoms in total. The van der Waals surface area contributed by atoms with Crippen molar-refractivity contribution in [2.75, 3.05) is 20.2 Å². The molecule has 148 valence electrons. The summed E-state index contributed by atoms with van der Waals surface area (Å²) in [5.74, 6) is 1.12. The lowest BCUT2D eigenvalue weighted by Crippen LogP contribution is -2.39. The first-order valence-electron chi connectivity index (χ1n) is 8.17. The molecule has 0 amide bonds. The number of hydrogen-bond donors (Lipinski definition) is 3. The number of pyridine rings is 1. The van der Waals surface area contributed by atoms with Crippen molar-refractivity contribution < 1.29 is 9.84 Å². The van der Waals surface area contributed by atoms with E-state index in [9.17, 15) is 5.11 Å². The Balaban J connectivity index is 0.00000364. The SMILES string of the molecule is CCNC(=NCc1cccnc1OC)NCC(O)c1cc(Cl)cc(Cl)c1.I. The van der Waals surface area contributed by atoms with Gasteiger partial charge < -0.3 is 20.5 Å². The lowest BCUT2D eigenvalue weighted by Gasteiger charge is -2.16. The number of nitrogens with zero attached hydrogens (tertiary/aromatic N) is 2. The number of halogens is 3. The fourth-order valence-electron chi connectivity index (χ4n) is 2.31. The van der Waals surface area contributed by atoms with Crippen molar-refractivity contribution in [3.8, 4) is 5.88 Å². The number of aliphatic hydroxyl groups is 1. The molecule has 2 aromatic rings. The first-order chi connectivity index (χ1) is 12.5. The van der Waals surface area contributed by atoms with Crippen LogP contribution in [0.25, 0.3) is 0 Å². The van der Waals surface area contributed by atoms with E-state index in [4.69, 9.17) is 27.9 Å². The van der Waals surface area contributed by atoms with E-state index >= 15 is 0 Å². The summed E-state index contributed by atoms with van der Waals surface area (Å²) in [6.07, 6.45) is 0.894. The van der Waals surface area contributed by atoms with Gasteiger partial charge >= 0.3 is 0 Å². The zero-order chi connectivity index (χ0) is 18.9. The van der Waals surface area contributed by atoms with Crippen molar-refractivity contribution >= 4 is 53.1 Å². The highest BCUT2D eigenvalue weighted by Gasteiger charge is 2.11. The lowest BCUT2D eigenvalue weighted by atomic mass is 10.1. The second-order valence-electron chi connectivity index (χ2n) is 5.47. The summed E-state index contributed by atoms with van der Waals surface area (Å²) in [5, 5.41) is 17.6. The maximum Gasteiger partial charge on any atom is 0.218 e. The minimum Gasteiger partial charge on any atom is -0.481 e. The third-order valence-electron chi connectivity index (χ3n) is 3.53. The third-order valence-corrected chi connectivity index (χ3v) is 3.96. The van der Waals surface area contributed by atoms with E-state index < -0.39 is 6.10 Å². The van der Waals surface area contributed by atoms with Crippen LogP contribution in [0.2, 0.25) is 10.0 Å². The van der Waals surface area contributed by atoms with Crippen LogP contribution in [0.4, 0.5) is 0 Å². The minimum absolute atomic E-state index is 0. The molecule has 1 heterocycles. The number of hydrogen-bond acceptors (Lipinski definition) is 4. The van der Waals surface area contributed by atoms with Gasteiger partial charge in [-0.3, -0.25) is 0 Å². The molecule has 1 aromatic heterocycles. The largest absolute Gasteiger partial charge is 0.481 e. The molecule has 1 atom stereocenters. The lowest BCUT2D eigenvalue weighted by molar-refractivity contribution is 0.181. The van der Waals surface area contributed by atoms with Crippen LogP contribution in [0.15, 0.2) is 41.5 Å². The Morgan fingerprint density at radius 2 is 1.96 bits per heavy atom. The van der Waals surface area contributed by atoms with Gasteiger partial charge in [0.2, 0.25) is 5.88 Å². The molecular weight excluding hydrogens is 502 g/mol. The summed E-state index contributed by atoms with van der Waals surface area (Å²) in [6, 6.07) is 8.73. The van der Waals surface area contributed by atoms with Crippen LogP contribution in [-0.2, 0) is 6.54 Å². The molecule has 0 aliphatic heterocycles. The van der Waals surface area contributed by atoms with Crippen molar-refractivity contribution in [1.29, 1.82) is 0 Å². The Labute approximate surface area is 186 Å². The summed E-state index contributed by atoms with van der Waals surface area (Å²) in [4.78, 5) is 8.66. The standard InChI is InChI=1S/C18H22Cl2N4O2.HI/c1-3-21-18(23-10-12-5-4-6-22-17(12)26-2)24-11-16(25)13-7-14(19)9-15(20)8-13;/h4-9,16,25H,3,10-11H2,1-2H3,(H2,21,23,24);1H. The van der Waals surface area contributed by atoms with Gasteiger partial charge in [0.05, 0.1) is 19.8 Å². The summed E-state index contributed by atoms with van der Waals surface area (Å²) in [7, 11) is 1.57. The Bertz CT molecular complexity index is 742. The average molecular weight is 525 g/mol. The molecule has 0 radical (unpaired) electrons. The molecule has 0 saturated carbocycles. The number of guanidine groups is 1. The number of aliphatic imine (C=N–C) groups is 1. The van der Waals surface area contributed by atoms with Gasteiger partial charge in [0.15, 0.2) is 5.96 Å². The molecule has 27 heavy (non-hydrogen) atoms. The highest BCUT2D eigenvalue weighted by Crippen LogP contribution is 2.23. The quantitative estimate of drug-likeness (QED) is 0.291. The number of ether oxygens (including phenoxy) is 1. The molecule has 0 fully saturated rings. The molecule has 1 aromatic carbocycles. The third kappa shape index (κ3) is 7.69. The molecule has 9 heteroatoms. The molecule has 1 unspecified atom stereocenters. The highest BCUT2D eigenvalue weighted by molar-refractivity contribution is 14.0. The van der Waals surface area contributed by atoms with E-state index in [1.165, 1.54) is 0 Å². The number of nitrogens with one attached hydrogen (secondary N) is 2.